The summed E-state index contributed by atoms with van der Waals surface area (Å²) in [6.45, 7) is 9.33. The molecule has 1 aliphatic carbocycles. The van der Waals surface area contributed by atoms with Gasteiger partial charge in [-0.15, -0.1) is 0 Å². The highest BCUT2D eigenvalue weighted by Crippen LogP contribution is 2.54. The fraction of sp³-hybridized carbons (Fsp3) is 0.125. The van der Waals surface area contributed by atoms with Gasteiger partial charge in [-0.05, 0) is 94.5 Å². The van der Waals surface area contributed by atoms with E-state index in [1.54, 1.807) is 0 Å². The van der Waals surface area contributed by atoms with E-state index in [9.17, 15) is 0 Å². The van der Waals surface area contributed by atoms with E-state index in [0.717, 1.165) is 28.4 Å². The van der Waals surface area contributed by atoms with E-state index in [2.05, 4.69) is 219 Å². The molecule has 0 aromatic heterocycles. The molecule has 244 valence electrons. The largest absolute Gasteiger partial charge is 0.311 e. The summed E-state index contributed by atoms with van der Waals surface area (Å²) in [6.07, 6.45) is 0. The van der Waals surface area contributed by atoms with E-state index in [1.807, 2.05) is 0 Å². The number of benzene rings is 7. The molecule has 0 heterocycles. The number of para-hydroxylation sites is 3. The van der Waals surface area contributed by atoms with Crippen LogP contribution in [0.15, 0.2) is 182 Å². The van der Waals surface area contributed by atoms with E-state index in [1.165, 1.54) is 39.1 Å². The van der Waals surface area contributed by atoms with Gasteiger partial charge in [0.25, 0.3) is 0 Å². The third-order valence-corrected chi connectivity index (χ3v) is 10.6. The van der Waals surface area contributed by atoms with Crippen LogP contribution in [-0.2, 0) is 10.8 Å². The molecule has 0 N–H and O–H groups in total. The summed E-state index contributed by atoms with van der Waals surface area (Å²) in [7, 11) is 0. The molecule has 8 rings (SSSR count). The number of hydrogen-bond acceptors (Lipinski definition) is 2. The summed E-state index contributed by atoms with van der Waals surface area (Å²) < 4.78 is 0. The Morgan fingerprint density at radius 3 is 1.30 bits per heavy atom. The van der Waals surface area contributed by atoms with Gasteiger partial charge in [0.2, 0.25) is 0 Å². The third-order valence-electron chi connectivity index (χ3n) is 10.6. The van der Waals surface area contributed by atoms with Gasteiger partial charge in [-0.1, -0.05) is 143 Å². The molecule has 0 saturated carbocycles. The summed E-state index contributed by atoms with van der Waals surface area (Å²) >= 11 is 0. The molecular weight excluding hydrogens is 605 g/mol. The van der Waals surface area contributed by atoms with Crippen LogP contribution in [0.25, 0.3) is 11.1 Å². The van der Waals surface area contributed by atoms with Crippen molar-refractivity contribution in [2.75, 3.05) is 9.80 Å². The van der Waals surface area contributed by atoms with Gasteiger partial charge in [0.15, 0.2) is 0 Å². The van der Waals surface area contributed by atoms with Gasteiger partial charge in [-0.2, -0.15) is 0 Å². The molecule has 7 aromatic carbocycles. The lowest BCUT2D eigenvalue weighted by molar-refractivity contribution is 0.641. The van der Waals surface area contributed by atoms with Crippen LogP contribution in [0.1, 0.15) is 49.9 Å². The predicted octanol–water partition coefficient (Wildman–Crippen LogP) is 13.3. The Bertz CT molecular complexity index is 2200. The van der Waals surface area contributed by atoms with Gasteiger partial charge in [0.05, 0.1) is 5.69 Å². The number of fused-ring (bicyclic) bond motifs is 3. The van der Waals surface area contributed by atoms with Crippen LogP contribution in [0.2, 0.25) is 0 Å². The van der Waals surface area contributed by atoms with Gasteiger partial charge in [0.1, 0.15) is 0 Å². The zero-order valence-electron chi connectivity index (χ0n) is 29.2. The molecule has 0 unspecified atom stereocenters. The van der Waals surface area contributed by atoms with Crippen molar-refractivity contribution in [1.29, 1.82) is 0 Å². The maximum absolute atomic E-state index is 2.42. The average Bonchev–Trinajstić information content (AvgIpc) is 3.40. The Kier molecular flexibility index (Phi) is 7.88. The molecular formula is C48H42N2. The molecule has 50 heavy (non-hydrogen) atoms. The van der Waals surface area contributed by atoms with Crippen molar-refractivity contribution in [3.63, 3.8) is 0 Å². The number of nitrogens with zero attached hydrogens (tertiary/aromatic N) is 2. The Hall–Kier alpha value is -5.86. The minimum atomic E-state index is -0.198. The molecule has 1 aliphatic rings. The van der Waals surface area contributed by atoms with Crippen molar-refractivity contribution in [3.8, 4) is 11.1 Å². The summed E-state index contributed by atoms with van der Waals surface area (Å²) in [4.78, 5) is 4.73. The summed E-state index contributed by atoms with van der Waals surface area (Å²) in [5, 5.41) is 0. The highest BCUT2D eigenvalue weighted by Gasteiger charge is 2.37. The Morgan fingerprint density at radius 2 is 0.780 bits per heavy atom. The molecule has 0 radical (unpaired) electrons. The van der Waals surface area contributed by atoms with Crippen molar-refractivity contribution in [3.05, 3.63) is 204 Å². The van der Waals surface area contributed by atoms with Gasteiger partial charge >= 0.3 is 0 Å². The highest BCUT2D eigenvalue weighted by atomic mass is 15.1. The standard InChI is InChI=1S/C48H42N2/c1-47(2,35-27-31-40(32-28-35)49(37-17-8-5-9-18-37)38-19-10-6-11-20-38)36-29-33-41(34-30-36)50(39-21-12-7-13-22-39)45-26-16-25-44-46(45)42-23-14-15-24-43(42)48(44,3)4/h5-34H,1-4H3. The minimum absolute atomic E-state index is 0.0626. The van der Waals surface area contributed by atoms with Gasteiger partial charge in [-0.3, -0.25) is 0 Å². The van der Waals surface area contributed by atoms with E-state index in [0.29, 0.717) is 0 Å². The summed E-state index contributed by atoms with van der Waals surface area (Å²) in [5.41, 5.74) is 14.6. The number of hydrogen-bond donors (Lipinski definition) is 0. The SMILES string of the molecule is CC(C)(c1ccc(N(c2ccccc2)c2ccccc2)cc1)c1ccc(N(c2ccccc2)c2cccc3c2-c2ccccc2C3(C)C)cc1. The Labute approximate surface area is 296 Å². The van der Waals surface area contributed by atoms with Crippen molar-refractivity contribution < 1.29 is 0 Å². The van der Waals surface area contributed by atoms with E-state index in [-0.39, 0.29) is 10.8 Å². The van der Waals surface area contributed by atoms with Crippen LogP contribution in [0, 0.1) is 0 Å². The van der Waals surface area contributed by atoms with Crippen LogP contribution >= 0.6 is 0 Å². The third kappa shape index (κ3) is 5.38. The van der Waals surface area contributed by atoms with E-state index >= 15 is 0 Å². The smallest absolute Gasteiger partial charge is 0.0543 e. The second kappa shape index (κ2) is 12.5. The molecule has 0 atom stereocenters. The van der Waals surface area contributed by atoms with Gasteiger partial charge in [-0.25, -0.2) is 0 Å². The molecule has 0 bridgehead atoms. The molecule has 0 aliphatic heterocycles. The van der Waals surface area contributed by atoms with Crippen LogP contribution in [0.3, 0.4) is 0 Å². The van der Waals surface area contributed by atoms with Crippen molar-refractivity contribution >= 4 is 34.1 Å². The lowest BCUT2D eigenvalue weighted by Gasteiger charge is -2.31. The Morgan fingerprint density at radius 1 is 0.380 bits per heavy atom. The highest BCUT2D eigenvalue weighted by molar-refractivity contribution is 5.95. The predicted molar refractivity (Wildman–Crippen MR) is 212 cm³/mol. The molecule has 0 saturated heterocycles. The average molecular weight is 647 g/mol. The molecule has 0 spiro atoms. The molecule has 0 fully saturated rings. The first-order valence-electron chi connectivity index (χ1n) is 17.5. The number of rotatable bonds is 8. The molecule has 2 nitrogen and oxygen atoms in total. The van der Waals surface area contributed by atoms with Crippen molar-refractivity contribution in [1.82, 2.24) is 0 Å². The summed E-state index contributed by atoms with van der Waals surface area (Å²) in [5.74, 6) is 0. The zero-order valence-corrected chi connectivity index (χ0v) is 29.2. The Balaban J connectivity index is 1.15. The van der Waals surface area contributed by atoms with Crippen LogP contribution < -0.4 is 9.80 Å². The minimum Gasteiger partial charge on any atom is -0.311 e. The topological polar surface area (TPSA) is 6.48 Å². The van der Waals surface area contributed by atoms with Crippen molar-refractivity contribution in [2.45, 2.75) is 38.5 Å². The van der Waals surface area contributed by atoms with Crippen LogP contribution in [-0.4, -0.2) is 0 Å². The fourth-order valence-electron chi connectivity index (χ4n) is 7.75. The lowest BCUT2D eigenvalue weighted by Crippen LogP contribution is -2.19. The molecule has 0 amide bonds. The molecule has 2 heteroatoms. The normalized spacial score (nSPS) is 13.0. The van der Waals surface area contributed by atoms with Crippen LogP contribution in [0.5, 0.6) is 0 Å². The first-order valence-corrected chi connectivity index (χ1v) is 17.5. The fourth-order valence-corrected chi connectivity index (χ4v) is 7.75. The molecule has 7 aromatic rings. The van der Waals surface area contributed by atoms with Crippen molar-refractivity contribution in [2.24, 2.45) is 0 Å². The quantitative estimate of drug-likeness (QED) is 0.162. The van der Waals surface area contributed by atoms with E-state index in [4.69, 9.17) is 0 Å². The second-order valence-corrected chi connectivity index (χ2v) is 14.3. The zero-order chi connectivity index (χ0) is 34.3. The lowest BCUT2D eigenvalue weighted by atomic mass is 9.78. The van der Waals surface area contributed by atoms with E-state index < -0.39 is 0 Å². The maximum atomic E-state index is 2.42. The first kappa shape index (κ1) is 31.4. The van der Waals surface area contributed by atoms with Crippen LogP contribution in [0.4, 0.5) is 34.1 Å². The summed E-state index contributed by atoms with van der Waals surface area (Å²) in [6, 6.07) is 65.8. The second-order valence-electron chi connectivity index (χ2n) is 14.3. The monoisotopic (exact) mass is 646 g/mol. The van der Waals surface area contributed by atoms with Gasteiger partial charge < -0.3 is 9.80 Å². The number of anilines is 6. The first-order chi connectivity index (χ1) is 24.3. The maximum Gasteiger partial charge on any atom is 0.0543 e. The van der Waals surface area contributed by atoms with Gasteiger partial charge in [0, 0.05) is 44.8 Å².